The van der Waals surface area contributed by atoms with E-state index in [2.05, 4.69) is 93.7 Å². The Hall–Kier alpha value is -3.93. The van der Waals surface area contributed by atoms with Crippen molar-refractivity contribution in [2.75, 3.05) is 13.2 Å². The van der Waals surface area contributed by atoms with Gasteiger partial charge >= 0.3 is 17.9 Å². The van der Waals surface area contributed by atoms with Gasteiger partial charge in [-0.3, -0.25) is 14.4 Å². The quantitative estimate of drug-likeness (QED) is 0.0199. The molecule has 6 nitrogen and oxygen atoms in total. The number of carbonyl (C=O) groups excluding carboxylic acids is 3. The van der Waals surface area contributed by atoms with Gasteiger partial charge in [0.05, 0.1) is 0 Å². The number of ether oxygens (including phenoxy) is 3. The summed E-state index contributed by atoms with van der Waals surface area (Å²) in [6.45, 7) is 6.31. The molecule has 0 N–H and O–H groups in total. The molecule has 0 saturated heterocycles. The van der Waals surface area contributed by atoms with E-state index in [-0.39, 0.29) is 31.6 Å². The summed E-state index contributed by atoms with van der Waals surface area (Å²) < 4.78 is 16.7. The van der Waals surface area contributed by atoms with Gasteiger partial charge < -0.3 is 14.2 Å². The van der Waals surface area contributed by atoms with Crippen LogP contribution in [0.3, 0.4) is 0 Å². The predicted molar refractivity (Wildman–Crippen MR) is 288 cm³/mol. The van der Waals surface area contributed by atoms with Crippen LogP contribution in [0.5, 0.6) is 0 Å². The summed E-state index contributed by atoms with van der Waals surface area (Å²) in [5, 5.41) is 0. The van der Waals surface area contributed by atoms with Gasteiger partial charge in [0.2, 0.25) is 0 Å². The first kappa shape index (κ1) is 63.1. The minimum atomic E-state index is -0.828. The van der Waals surface area contributed by atoms with Gasteiger partial charge in [-0.15, -0.1) is 0 Å². The molecule has 0 saturated carbocycles. The van der Waals surface area contributed by atoms with Gasteiger partial charge in [-0.05, 0) is 70.6 Å². The minimum absolute atomic E-state index is 0.115. The van der Waals surface area contributed by atoms with E-state index in [1.807, 2.05) is 36.5 Å². The number of carbonyl (C=O) groups is 3. The van der Waals surface area contributed by atoms with E-state index in [9.17, 15) is 14.4 Å². The Morgan fingerprint density at radius 1 is 0.328 bits per heavy atom. The zero-order valence-corrected chi connectivity index (χ0v) is 43.4. The maximum atomic E-state index is 12.8. The van der Waals surface area contributed by atoms with Crippen LogP contribution in [-0.4, -0.2) is 37.2 Å². The largest absolute Gasteiger partial charge is 0.462 e. The number of unbranched alkanes of at least 4 members (excludes halogenated alkanes) is 22. The highest BCUT2D eigenvalue weighted by molar-refractivity contribution is 5.71. The molecule has 0 rings (SSSR count). The Morgan fingerprint density at radius 3 is 1.12 bits per heavy atom. The van der Waals surface area contributed by atoms with E-state index in [1.54, 1.807) is 0 Å². The molecule has 0 fully saturated rings. The molecule has 0 bridgehead atoms. The predicted octanol–water partition coefficient (Wildman–Crippen LogP) is 18.3. The third-order valence-electron chi connectivity index (χ3n) is 11.4. The summed E-state index contributed by atoms with van der Waals surface area (Å²) in [5.41, 5.74) is 0. The summed E-state index contributed by atoms with van der Waals surface area (Å²) in [5.74, 6) is -1.02. The van der Waals surface area contributed by atoms with Crippen LogP contribution in [0.4, 0.5) is 0 Å². The lowest BCUT2D eigenvalue weighted by Crippen LogP contribution is -2.30. The maximum Gasteiger partial charge on any atom is 0.306 e. The number of hydrogen-bond acceptors (Lipinski definition) is 6. The topological polar surface area (TPSA) is 78.9 Å². The molecule has 0 aliphatic heterocycles. The second-order valence-electron chi connectivity index (χ2n) is 17.8. The Kier molecular flexibility index (Phi) is 51.5. The van der Waals surface area contributed by atoms with Gasteiger partial charge in [0.25, 0.3) is 0 Å². The van der Waals surface area contributed by atoms with Crippen molar-refractivity contribution in [1.29, 1.82) is 0 Å². The van der Waals surface area contributed by atoms with Crippen molar-refractivity contribution in [3.8, 4) is 0 Å². The van der Waals surface area contributed by atoms with Crippen LogP contribution in [0.2, 0.25) is 0 Å². The SMILES string of the molecule is CC\C=C/C=C\C=C/C=C\CCCCCCCC(=O)OCC(COC(=O)CCCCCCCCCCCCCCCCCCCC)OC(=O)CC/C=C\C/C=C\C/C=C\C/C=C\C/C=C\CC. The van der Waals surface area contributed by atoms with Crippen molar-refractivity contribution in [2.45, 2.75) is 245 Å². The molecule has 0 amide bonds. The molecule has 0 heterocycles. The molecule has 0 aromatic rings. The normalized spacial score (nSPS) is 12.9. The highest BCUT2D eigenvalue weighted by Crippen LogP contribution is 2.15. The van der Waals surface area contributed by atoms with Crippen LogP contribution in [0.15, 0.2) is 109 Å². The smallest absolute Gasteiger partial charge is 0.306 e. The second kappa shape index (κ2) is 54.7. The van der Waals surface area contributed by atoms with Crippen LogP contribution in [0, 0.1) is 0 Å². The first-order valence-corrected chi connectivity index (χ1v) is 27.4. The molecule has 0 aromatic carbocycles. The lowest BCUT2D eigenvalue weighted by atomic mass is 10.0. The second-order valence-corrected chi connectivity index (χ2v) is 17.8. The molecule has 67 heavy (non-hydrogen) atoms. The van der Waals surface area contributed by atoms with Gasteiger partial charge in [0.15, 0.2) is 6.10 Å². The Bertz CT molecular complexity index is 1390. The van der Waals surface area contributed by atoms with Gasteiger partial charge in [-0.25, -0.2) is 0 Å². The molecular weight excluding hydrogens is 829 g/mol. The number of esters is 3. The average molecular weight is 929 g/mol. The van der Waals surface area contributed by atoms with E-state index >= 15 is 0 Å². The van der Waals surface area contributed by atoms with Gasteiger partial charge in [-0.1, -0.05) is 259 Å². The van der Waals surface area contributed by atoms with Crippen LogP contribution in [0.25, 0.3) is 0 Å². The molecule has 1 atom stereocenters. The van der Waals surface area contributed by atoms with Gasteiger partial charge in [0, 0.05) is 19.3 Å². The van der Waals surface area contributed by atoms with Crippen molar-refractivity contribution in [2.24, 2.45) is 0 Å². The standard InChI is InChI=1S/C61H100O6/c1-4-7-10-13-16-19-22-25-28-30-31-34-36-39-42-45-48-51-54-60(63)66-57-58(56-65-59(62)53-50-47-44-41-38-35-32-27-24-21-18-15-12-9-6-3)67-61(64)55-52-49-46-43-40-37-33-29-26-23-20-17-14-11-8-5-2/h8-9,11-12,15,17-18,20-21,24,26-27,29,32,37,40,46,49,58H,4-7,10,13-14,16,19,22-23,25,28,30-31,33-36,38-39,41-45,47-48,50-57H2,1-3H3/b11-8-,12-9-,18-15-,20-17-,24-21-,29-26-,32-27-,40-37-,49-46-. The lowest BCUT2D eigenvalue weighted by Gasteiger charge is -2.18. The van der Waals surface area contributed by atoms with Crippen LogP contribution in [0.1, 0.15) is 239 Å². The van der Waals surface area contributed by atoms with Gasteiger partial charge in [-0.2, -0.15) is 0 Å². The summed E-state index contributed by atoms with van der Waals surface area (Å²) in [7, 11) is 0. The average Bonchev–Trinajstić information content (AvgIpc) is 3.33. The Morgan fingerprint density at radius 2 is 0.687 bits per heavy atom. The molecule has 0 aliphatic rings. The molecule has 0 spiro atoms. The lowest BCUT2D eigenvalue weighted by molar-refractivity contribution is -0.166. The van der Waals surface area contributed by atoms with E-state index in [1.165, 1.54) is 96.3 Å². The van der Waals surface area contributed by atoms with E-state index in [0.29, 0.717) is 19.3 Å². The molecular formula is C61H100O6. The monoisotopic (exact) mass is 929 g/mol. The molecule has 380 valence electrons. The number of rotatable bonds is 48. The Labute approximate surface area is 412 Å². The number of allylic oxidation sites excluding steroid dienone is 18. The fraction of sp³-hybridized carbons (Fsp3) is 0.656. The molecule has 1 unspecified atom stereocenters. The van der Waals surface area contributed by atoms with Crippen LogP contribution in [-0.2, 0) is 28.6 Å². The molecule has 0 aromatic heterocycles. The van der Waals surface area contributed by atoms with Crippen molar-refractivity contribution in [1.82, 2.24) is 0 Å². The van der Waals surface area contributed by atoms with Crippen molar-refractivity contribution in [3.05, 3.63) is 109 Å². The number of hydrogen-bond donors (Lipinski definition) is 0. The molecule has 0 radical (unpaired) electrons. The highest BCUT2D eigenvalue weighted by atomic mass is 16.6. The maximum absolute atomic E-state index is 12.8. The summed E-state index contributed by atoms with van der Waals surface area (Å²) in [6, 6.07) is 0. The fourth-order valence-corrected chi connectivity index (χ4v) is 7.33. The van der Waals surface area contributed by atoms with Crippen molar-refractivity contribution < 1.29 is 28.6 Å². The first-order valence-electron chi connectivity index (χ1n) is 27.4. The summed E-state index contributed by atoms with van der Waals surface area (Å²) >= 11 is 0. The highest BCUT2D eigenvalue weighted by Gasteiger charge is 2.19. The van der Waals surface area contributed by atoms with Gasteiger partial charge in [0.1, 0.15) is 13.2 Å². The van der Waals surface area contributed by atoms with E-state index in [0.717, 1.165) is 96.3 Å². The van der Waals surface area contributed by atoms with Crippen molar-refractivity contribution in [3.63, 3.8) is 0 Å². The zero-order valence-electron chi connectivity index (χ0n) is 43.4. The van der Waals surface area contributed by atoms with Crippen LogP contribution >= 0.6 is 0 Å². The van der Waals surface area contributed by atoms with Crippen molar-refractivity contribution >= 4 is 17.9 Å². The Balaban J connectivity index is 4.50. The van der Waals surface area contributed by atoms with Crippen LogP contribution < -0.4 is 0 Å². The van der Waals surface area contributed by atoms with E-state index < -0.39 is 12.1 Å². The molecule has 0 aliphatic carbocycles. The summed E-state index contributed by atoms with van der Waals surface area (Å²) in [6.07, 6.45) is 73.7. The third kappa shape index (κ3) is 52.9. The third-order valence-corrected chi connectivity index (χ3v) is 11.4. The zero-order chi connectivity index (χ0) is 48.6. The van der Waals surface area contributed by atoms with E-state index in [4.69, 9.17) is 14.2 Å². The summed E-state index contributed by atoms with van der Waals surface area (Å²) in [4.78, 5) is 38.1. The first-order chi connectivity index (χ1) is 33.0. The minimum Gasteiger partial charge on any atom is -0.462 e. The molecule has 6 heteroatoms. The fourth-order valence-electron chi connectivity index (χ4n) is 7.33.